The zero-order valence-corrected chi connectivity index (χ0v) is 31.2. The van der Waals surface area contributed by atoms with Crippen LogP contribution in [0.4, 0.5) is 20.6 Å². The maximum absolute atomic E-state index is 16.0. The number of nitrogens with one attached hydrogen (secondary N) is 1. The summed E-state index contributed by atoms with van der Waals surface area (Å²) in [6.07, 6.45) is 4.82. The highest BCUT2D eigenvalue weighted by atomic mass is 35.5. The summed E-state index contributed by atoms with van der Waals surface area (Å²) >= 11 is 5.94. The highest BCUT2D eigenvalue weighted by Crippen LogP contribution is 2.47. The van der Waals surface area contributed by atoms with Gasteiger partial charge in [-0.15, -0.1) is 0 Å². The number of alkyl halides is 1. The molecule has 0 saturated carbocycles. The summed E-state index contributed by atoms with van der Waals surface area (Å²) in [5.74, 6) is -1.23. The van der Waals surface area contributed by atoms with E-state index in [1.165, 1.54) is 20.2 Å². The molecular formula is C40H36ClFN8O5. The van der Waals surface area contributed by atoms with Gasteiger partial charge in [-0.25, -0.2) is 23.9 Å². The van der Waals surface area contributed by atoms with Crippen LogP contribution in [0.2, 0.25) is 0 Å². The Hall–Kier alpha value is -6.04. The first-order valence-corrected chi connectivity index (χ1v) is 18.2. The second kappa shape index (κ2) is 14.0. The van der Waals surface area contributed by atoms with Crippen LogP contribution in [0.1, 0.15) is 34.8 Å². The fraction of sp³-hybridized carbons (Fsp3) is 0.300. The van der Waals surface area contributed by atoms with Crippen LogP contribution in [-0.2, 0) is 23.1 Å². The molecule has 0 bridgehead atoms. The molecule has 4 aromatic heterocycles. The third kappa shape index (κ3) is 6.19. The highest BCUT2D eigenvalue weighted by molar-refractivity contribution is 6.22. The number of likely N-dealkylation sites (tertiary alicyclic amines) is 1. The largest absolute Gasteiger partial charge is 0.457 e. The van der Waals surface area contributed by atoms with E-state index in [0.29, 0.717) is 51.5 Å². The van der Waals surface area contributed by atoms with Gasteiger partial charge in [0.15, 0.2) is 5.56 Å². The molecule has 0 aliphatic carbocycles. The number of ether oxygens (including phenoxy) is 2. The number of hydrogen-bond donors (Lipinski definition) is 1. The van der Waals surface area contributed by atoms with E-state index in [1.54, 1.807) is 30.1 Å². The lowest BCUT2D eigenvalue weighted by atomic mass is 9.98. The van der Waals surface area contributed by atoms with E-state index in [2.05, 4.69) is 26.8 Å². The number of amides is 1. The van der Waals surface area contributed by atoms with E-state index in [9.17, 15) is 19.6 Å². The number of carbonyl (C=O) groups excluding carboxylic acids is 2. The smallest absolute Gasteiger partial charge is 0.415 e. The first-order valence-electron chi connectivity index (χ1n) is 17.8. The topological polar surface area (TPSA) is 150 Å². The number of anilines is 2. The molecule has 2 aliphatic rings. The van der Waals surface area contributed by atoms with E-state index in [0.717, 1.165) is 36.0 Å². The molecule has 8 rings (SSSR count). The van der Waals surface area contributed by atoms with Crippen molar-refractivity contribution in [2.45, 2.75) is 31.6 Å². The minimum atomic E-state index is -0.941. The molecule has 2 aliphatic heterocycles. The van der Waals surface area contributed by atoms with Gasteiger partial charge in [-0.3, -0.25) is 9.69 Å². The van der Waals surface area contributed by atoms with Gasteiger partial charge in [0, 0.05) is 80.9 Å². The average Bonchev–Trinajstić information content (AvgIpc) is 3.86. The fourth-order valence-electron chi connectivity index (χ4n) is 8.07. The van der Waals surface area contributed by atoms with Crippen LogP contribution in [0.25, 0.3) is 44.1 Å². The fourth-order valence-corrected chi connectivity index (χ4v) is 8.15. The number of esters is 1. The predicted molar refractivity (Wildman–Crippen MR) is 207 cm³/mol. The number of nitrogens with zero attached hydrogens (tertiary/aromatic N) is 7. The lowest BCUT2D eigenvalue weighted by molar-refractivity contribution is 0.0470. The van der Waals surface area contributed by atoms with Gasteiger partial charge in [-0.1, -0.05) is 41.9 Å². The van der Waals surface area contributed by atoms with Gasteiger partial charge in [-0.05, 0) is 37.9 Å². The van der Waals surface area contributed by atoms with E-state index in [4.69, 9.17) is 26.1 Å². The Morgan fingerprint density at radius 2 is 1.93 bits per heavy atom. The summed E-state index contributed by atoms with van der Waals surface area (Å²) in [6.45, 7) is 3.84. The van der Waals surface area contributed by atoms with E-state index in [-0.39, 0.29) is 40.2 Å². The minimum absolute atomic E-state index is 0.00179. The van der Waals surface area contributed by atoms with Crippen LogP contribution in [0.3, 0.4) is 0 Å². The van der Waals surface area contributed by atoms with Crippen LogP contribution in [0, 0.1) is 23.1 Å². The van der Waals surface area contributed by atoms with Crippen molar-refractivity contribution in [3.8, 4) is 17.2 Å². The van der Waals surface area contributed by atoms with E-state index in [1.807, 2.05) is 36.4 Å². The number of hydrogen-bond acceptors (Lipinski definition) is 10. The highest BCUT2D eigenvalue weighted by Gasteiger charge is 2.42. The van der Waals surface area contributed by atoms with Crippen LogP contribution in [0.15, 0.2) is 65.8 Å². The Bertz CT molecular complexity index is 2640. The van der Waals surface area contributed by atoms with Crippen molar-refractivity contribution in [2.75, 3.05) is 43.5 Å². The number of likely N-dealkylation sites (N-methyl/N-ethyl adjacent to an activating group) is 1. The molecule has 0 radical (unpaired) electrons. The summed E-state index contributed by atoms with van der Waals surface area (Å²) < 4.78 is 28.3. The summed E-state index contributed by atoms with van der Waals surface area (Å²) in [7, 11) is 5.20. The van der Waals surface area contributed by atoms with Crippen molar-refractivity contribution in [3.05, 3.63) is 93.8 Å². The van der Waals surface area contributed by atoms with Gasteiger partial charge in [0.05, 0.1) is 33.2 Å². The molecule has 2 aromatic carbocycles. The van der Waals surface area contributed by atoms with Crippen molar-refractivity contribution in [1.29, 1.82) is 5.26 Å². The monoisotopic (exact) mass is 762 g/mol. The SMILES string of the molecule is CC(Cl)OC(=O)N(C)c1cc(F)c(C#N)c2c1[nH]c1ncc(-c3cnc4c(c3)c(=O)c(C(=O)OCc3ccccc3)cn4C)c(N3CC[C@H]4CN(C)C[C@H]43)c12. The molecule has 1 unspecified atom stereocenters. The minimum Gasteiger partial charge on any atom is -0.457 e. The summed E-state index contributed by atoms with van der Waals surface area (Å²) in [5.41, 5.74) is 1.90. The Morgan fingerprint density at radius 1 is 1.15 bits per heavy atom. The number of carbonyl (C=O) groups is 2. The number of aromatic amines is 1. The van der Waals surface area contributed by atoms with Crippen LogP contribution < -0.4 is 15.2 Å². The van der Waals surface area contributed by atoms with E-state index >= 15 is 4.39 Å². The third-order valence-electron chi connectivity index (χ3n) is 10.6. The molecule has 15 heteroatoms. The maximum atomic E-state index is 16.0. The standard InChI is InChI=1S/C40H36ClFN8O5/c1-21(41)55-40(53)49(4)30-13-29(42)26(14-43)32-33-35(50-11-10-23-17-47(2)19-31(23)50)27(16-44-37(33)46-34(30)32)24-12-25-36(51)28(18-48(3)38(25)45-15-24)39(52)54-20-22-8-6-5-7-9-22/h5-9,12-13,15-16,18,21,23,31H,10-11,17,19-20H2,1-4H3,(H,44,46)/t21?,23-,31+/m0/s1. The number of benzene rings is 2. The summed E-state index contributed by atoms with van der Waals surface area (Å²) in [6, 6.07) is 14.1. The van der Waals surface area contributed by atoms with Crippen molar-refractivity contribution in [2.24, 2.45) is 13.0 Å². The number of aryl methyl sites for hydroxylation is 1. The van der Waals surface area contributed by atoms with Crippen LogP contribution >= 0.6 is 11.6 Å². The average molecular weight is 763 g/mol. The van der Waals surface area contributed by atoms with Crippen molar-refractivity contribution in [3.63, 3.8) is 0 Å². The second-order valence-corrected chi connectivity index (χ2v) is 14.8. The normalized spacial score (nSPS) is 17.4. The summed E-state index contributed by atoms with van der Waals surface area (Å²) in [4.78, 5) is 58.7. The van der Waals surface area contributed by atoms with Gasteiger partial charge in [0.2, 0.25) is 5.43 Å². The number of H-pyrrole nitrogens is 1. The molecule has 2 saturated heterocycles. The Kier molecular flexibility index (Phi) is 9.14. The van der Waals surface area contributed by atoms with E-state index < -0.39 is 28.9 Å². The van der Waals surface area contributed by atoms with Crippen LogP contribution in [-0.4, -0.2) is 81.8 Å². The molecule has 1 amide bonds. The Morgan fingerprint density at radius 3 is 2.67 bits per heavy atom. The van der Waals surface area contributed by atoms with Gasteiger partial charge < -0.3 is 28.8 Å². The quantitative estimate of drug-likeness (QED) is 0.145. The lowest BCUT2D eigenvalue weighted by Crippen LogP contribution is -2.35. The zero-order chi connectivity index (χ0) is 38.7. The van der Waals surface area contributed by atoms with Crippen molar-refractivity contribution in [1.82, 2.24) is 24.4 Å². The molecule has 6 heterocycles. The van der Waals surface area contributed by atoms with Gasteiger partial charge >= 0.3 is 12.1 Å². The number of halogens is 2. The molecule has 1 N–H and O–H groups in total. The molecule has 55 heavy (non-hydrogen) atoms. The van der Waals surface area contributed by atoms with Crippen molar-refractivity contribution >= 4 is 68.0 Å². The number of aromatic nitrogens is 4. The molecule has 2 fully saturated rings. The first-order chi connectivity index (χ1) is 26.4. The number of rotatable bonds is 7. The number of fused-ring (bicyclic) bond motifs is 5. The van der Waals surface area contributed by atoms with Crippen LogP contribution in [0.5, 0.6) is 0 Å². The molecule has 6 aromatic rings. The third-order valence-corrected chi connectivity index (χ3v) is 10.7. The Labute approximate surface area is 319 Å². The number of pyridine rings is 3. The first kappa shape index (κ1) is 36.0. The predicted octanol–water partition coefficient (Wildman–Crippen LogP) is 6.30. The molecule has 3 atom stereocenters. The lowest BCUT2D eigenvalue weighted by Gasteiger charge is -2.29. The zero-order valence-electron chi connectivity index (χ0n) is 30.5. The molecular weight excluding hydrogens is 727 g/mol. The molecule has 280 valence electrons. The summed E-state index contributed by atoms with van der Waals surface area (Å²) in [5, 5.41) is 11.3. The van der Waals surface area contributed by atoms with Crippen molar-refractivity contribution < 1.29 is 23.5 Å². The van der Waals surface area contributed by atoms with Gasteiger partial charge in [0.1, 0.15) is 35.4 Å². The Balaban J connectivity index is 1.34. The van der Waals surface area contributed by atoms with Gasteiger partial charge in [0.25, 0.3) is 0 Å². The molecule has 13 nitrogen and oxygen atoms in total. The van der Waals surface area contributed by atoms with Gasteiger partial charge in [-0.2, -0.15) is 5.26 Å². The number of nitriles is 1. The maximum Gasteiger partial charge on any atom is 0.415 e. The molecule has 0 spiro atoms. The second-order valence-electron chi connectivity index (χ2n) is 14.1.